The molecule has 3 heterocycles. The second-order valence-electron chi connectivity index (χ2n) is 6.58. The first kappa shape index (κ1) is 16.7. The van der Waals surface area contributed by atoms with Gasteiger partial charge in [-0.25, -0.2) is 12.7 Å². The molecular formula is C14H22N2O6S. The zero-order valence-electron chi connectivity index (χ0n) is 12.9. The van der Waals surface area contributed by atoms with Crippen LogP contribution in [0.1, 0.15) is 19.3 Å². The Morgan fingerprint density at radius 1 is 1.35 bits per heavy atom. The van der Waals surface area contributed by atoms with Crippen molar-refractivity contribution in [3.8, 4) is 0 Å². The molecule has 3 rings (SSSR count). The number of aliphatic carboxylic acids is 1. The lowest BCUT2D eigenvalue weighted by Crippen LogP contribution is -2.45. The normalized spacial score (nSPS) is 33.6. The summed E-state index contributed by atoms with van der Waals surface area (Å²) in [6.07, 6.45) is 1.11. The molecule has 130 valence electrons. The summed E-state index contributed by atoms with van der Waals surface area (Å²) >= 11 is 0. The van der Waals surface area contributed by atoms with E-state index in [1.807, 2.05) is 0 Å². The number of fused-ring (bicyclic) bond motifs is 1. The van der Waals surface area contributed by atoms with E-state index in [4.69, 9.17) is 4.74 Å². The summed E-state index contributed by atoms with van der Waals surface area (Å²) in [7, 11) is -3.20. The summed E-state index contributed by atoms with van der Waals surface area (Å²) < 4.78 is 30.2. The predicted octanol–water partition coefficient (Wildman–Crippen LogP) is -0.638. The molecule has 0 aromatic heterocycles. The van der Waals surface area contributed by atoms with Crippen LogP contribution in [-0.4, -0.2) is 79.8 Å². The first-order valence-electron chi connectivity index (χ1n) is 7.92. The number of carbonyl (C=O) groups excluding carboxylic acids is 1. The van der Waals surface area contributed by atoms with Gasteiger partial charge in [-0.1, -0.05) is 0 Å². The van der Waals surface area contributed by atoms with Crippen molar-refractivity contribution in [1.82, 2.24) is 9.21 Å². The number of hydrogen-bond acceptors (Lipinski definition) is 5. The van der Waals surface area contributed by atoms with Crippen LogP contribution < -0.4 is 0 Å². The molecule has 0 aliphatic carbocycles. The van der Waals surface area contributed by atoms with Crippen molar-refractivity contribution in [3.05, 3.63) is 0 Å². The Morgan fingerprint density at radius 2 is 2.13 bits per heavy atom. The Morgan fingerprint density at radius 3 is 2.74 bits per heavy atom. The maximum Gasteiger partial charge on any atom is 0.311 e. The Kier molecular flexibility index (Phi) is 4.37. The third-order valence-corrected chi connectivity index (χ3v) is 7.22. The fourth-order valence-electron chi connectivity index (χ4n) is 3.81. The van der Waals surface area contributed by atoms with Crippen molar-refractivity contribution in [3.63, 3.8) is 0 Å². The maximum absolute atomic E-state index is 12.4. The highest BCUT2D eigenvalue weighted by atomic mass is 32.2. The van der Waals surface area contributed by atoms with E-state index in [2.05, 4.69) is 0 Å². The lowest BCUT2D eigenvalue weighted by Gasteiger charge is -2.33. The Hall–Kier alpha value is -1.19. The average molecular weight is 346 g/mol. The number of carbonyl (C=O) groups is 2. The summed E-state index contributed by atoms with van der Waals surface area (Å²) in [4.78, 5) is 25.7. The molecule has 3 aliphatic rings. The topological polar surface area (TPSA) is 104 Å². The second kappa shape index (κ2) is 6.03. The van der Waals surface area contributed by atoms with Crippen LogP contribution in [0.3, 0.4) is 0 Å². The zero-order valence-corrected chi connectivity index (χ0v) is 13.8. The van der Waals surface area contributed by atoms with Crippen molar-refractivity contribution >= 4 is 21.9 Å². The molecule has 2 atom stereocenters. The van der Waals surface area contributed by atoms with Gasteiger partial charge in [0.05, 0.1) is 17.8 Å². The molecule has 0 radical (unpaired) electrons. The quantitative estimate of drug-likeness (QED) is 0.726. The van der Waals surface area contributed by atoms with Crippen molar-refractivity contribution < 1.29 is 27.9 Å². The van der Waals surface area contributed by atoms with Crippen molar-refractivity contribution in [1.29, 1.82) is 0 Å². The van der Waals surface area contributed by atoms with Gasteiger partial charge in [-0.3, -0.25) is 9.59 Å². The van der Waals surface area contributed by atoms with Crippen LogP contribution in [0.4, 0.5) is 0 Å². The molecule has 9 heteroatoms. The van der Waals surface area contributed by atoms with Crippen molar-refractivity contribution in [2.45, 2.75) is 19.3 Å². The molecule has 0 aromatic carbocycles. The van der Waals surface area contributed by atoms with E-state index in [-0.39, 0.29) is 37.1 Å². The minimum absolute atomic E-state index is 0.0997. The number of carboxylic acid groups (broad SMARTS) is 1. The molecule has 3 fully saturated rings. The predicted molar refractivity (Wildman–Crippen MR) is 80.2 cm³/mol. The monoisotopic (exact) mass is 346 g/mol. The van der Waals surface area contributed by atoms with Gasteiger partial charge in [0.1, 0.15) is 0 Å². The minimum atomic E-state index is -3.20. The van der Waals surface area contributed by atoms with Crippen LogP contribution in [0.2, 0.25) is 0 Å². The van der Waals surface area contributed by atoms with Gasteiger partial charge in [0.2, 0.25) is 15.9 Å². The molecule has 0 unspecified atom stereocenters. The van der Waals surface area contributed by atoms with E-state index in [1.54, 1.807) is 4.90 Å². The molecule has 3 saturated heterocycles. The van der Waals surface area contributed by atoms with Crippen molar-refractivity contribution in [2.75, 3.05) is 45.1 Å². The van der Waals surface area contributed by atoms with E-state index >= 15 is 0 Å². The lowest BCUT2D eigenvalue weighted by molar-refractivity contribution is -0.157. The van der Waals surface area contributed by atoms with E-state index in [1.165, 1.54) is 4.31 Å². The fourth-order valence-corrected chi connectivity index (χ4v) is 5.34. The average Bonchev–Trinajstić information content (AvgIpc) is 3.05. The standard InChI is InChI=1S/C14H22N2O6S/c17-12(2-5-16-4-1-7-23(16,20)21)15-8-11-9-22-6-3-14(11,10-15)13(18)19/h11H,1-10H2,(H,18,19)/t11-,14+/m0/s1. The highest BCUT2D eigenvalue weighted by molar-refractivity contribution is 7.89. The van der Waals surface area contributed by atoms with Gasteiger partial charge in [0, 0.05) is 45.1 Å². The largest absolute Gasteiger partial charge is 0.481 e. The molecule has 0 bridgehead atoms. The highest BCUT2D eigenvalue weighted by Crippen LogP contribution is 2.42. The number of carboxylic acids is 1. The lowest BCUT2D eigenvalue weighted by atomic mass is 9.74. The van der Waals surface area contributed by atoms with Crippen LogP contribution >= 0.6 is 0 Å². The summed E-state index contributed by atoms with van der Waals surface area (Å²) in [6, 6.07) is 0. The van der Waals surface area contributed by atoms with Crippen LogP contribution in [-0.2, 0) is 24.3 Å². The van der Waals surface area contributed by atoms with E-state index in [0.717, 1.165) is 0 Å². The molecule has 0 aromatic rings. The summed E-state index contributed by atoms with van der Waals surface area (Å²) in [5, 5.41) is 9.59. The minimum Gasteiger partial charge on any atom is -0.481 e. The third-order valence-electron chi connectivity index (χ3n) is 5.26. The van der Waals surface area contributed by atoms with Gasteiger partial charge in [0.25, 0.3) is 0 Å². The second-order valence-corrected chi connectivity index (χ2v) is 8.66. The van der Waals surface area contributed by atoms with Gasteiger partial charge >= 0.3 is 5.97 Å². The smallest absolute Gasteiger partial charge is 0.311 e. The Labute approximate surface area is 135 Å². The Balaban J connectivity index is 1.62. The van der Waals surface area contributed by atoms with E-state index in [0.29, 0.717) is 39.1 Å². The first-order chi connectivity index (χ1) is 10.8. The Bertz CT molecular complexity index is 606. The zero-order chi connectivity index (χ0) is 16.7. The number of sulfonamides is 1. The fraction of sp³-hybridized carbons (Fsp3) is 0.857. The number of nitrogens with zero attached hydrogens (tertiary/aromatic N) is 2. The number of hydrogen-bond donors (Lipinski definition) is 1. The van der Waals surface area contributed by atoms with E-state index in [9.17, 15) is 23.1 Å². The summed E-state index contributed by atoms with van der Waals surface area (Å²) in [6.45, 7) is 1.97. The molecular weight excluding hydrogens is 324 g/mol. The van der Waals surface area contributed by atoms with Crippen molar-refractivity contribution in [2.24, 2.45) is 11.3 Å². The van der Waals surface area contributed by atoms with Crippen LogP contribution in [0.25, 0.3) is 0 Å². The number of amides is 1. The SMILES string of the molecule is O=C(CCN1CCCS1(=O)=O)N1C[C@H]2COCC[C@@]2(C(=O)O)C1. The van der Waals surface area contributed by atoms with Gasteiger partial charge < -0.3 is 14.7 Å². The maximum atomic E-state index is 12.4. The van der Waals surface area contributed by atoms with Gasteiger partial charge in [-0.2, -0.15) is 0 Å². The van der Waals surface area contributed by atoms with Gasteiger partial charge in [0.15, 0.2) is 0 Å². The number of rotatable bonds is 4. The molecule has 0 saturated carbocycles. The van der Waals surface area contributed by atoms with Gasteiger partial charge in [-0.05, 0) is 12.8 Å². The van der Waals surface area contributed by atoms with Crippen LogP contribution in [0.5, 0.6) is 0 Å². The summed E-state index contributed by atoms with van der Waals surface area (Å²) in [5.41, 5.74) is -0.909. The third kappa shape index (κ3) is 2.97. The number of likely N-dealkylation sites (tertiary alicyclic amines) is 1. The molecule has 1 amide bonds. The molecule has 8 nitrogen and oxygen atoms in total. The summed E-state index contributed by atoms with van der Waals surface area (Å²) in [5.74, 6) is -1.09. The van der Waals surface area contributed by atoms with Gasteiger partial charge in [-0.15, -0.1) is 0 Å². The molecule has 3 aliphatic heterocycles. The molecule has 0 spiro atoms. The molecule has 1 N–H and O–H groups in total. The molecule has 23 heavy (non-hydrogen) atoms. The first-order valence-corrected chi connectivity index (χ1v) is 9.53. The van der Waals surface area contributed by atoms with Crippen LogP contribution in [0.15, 0.2) is 0 Å². The van der Waals surface area contributed by atoms with E-state index < -0.39 is 21.4 Å². The van der Waals surface area contributed by atoms with Crippen LogP contribution in [0, 0.1) is 11.3 Å². The number of ether oxygens (including phenoxy) is 1. The highest BCUT2D eigenvalue weighted by Gasteiger charge is 2.54.